The molecule has 2 amide bonds. The molecular weight excluding hydrogens is 366 g/mol. The average Bonchev–Trinajstić information content (AvgIpc) is 3.09. The number of hydrogen-bond donors (Lipinski definition) is 1. The summed E-state index contributed by atoms with van der Waals surface area (Å²) in [6.45, 7) is 1.70. The molecule has 1 unspecified atom stereocenters. The summed E-state index contributed by atoms with van der Waals surface area (Å²) < 4.78 is 10.1. The second-order valence-electron chi connectivity index (χ2n) is 6.59. The van der Waals surface area contributed by atoms with Crippen molar-refractivity contribution in [2.75, 3.05) is 13.7 Å². The van der Waals surface area contributed by atoms with Crippen molar-refractivity contribution in [1.29, 1.82) is 0 Å². The van der Waals surface area contributed by atoms with Crippen LogP contribution in [0.5, 0.6) is 5.75 Å². The van der Waals surface area contributed by atoms with Gasteiger partial charge in [-0.2, -0.15) is 0 Å². The maximum Gasteiger partial charge on any atom is 0.348 e. The van der Waals surface area contributed by atoms with Gasteiger partial charge in [0.05, 0.1) is 7.11 Å². The molecule has 1 aliphatic rings. The predicted molar refractivity (Wildman–Crippen MR) is 101 cm³/mol. The van der Waals surface area contributed by atoms with Gasteiger partial charge in [-0.25, -0.2) is 4.79 Å². The highest BCUT2D eigenvalue weighted by molar-refractivity contribution is 7.14. The SMILES string of the molecule is COc1ccc(C(=O)NC(=O)COC(=O)c2cc3c(s2)CCC(C)C3)cc1. The molecule has 7 heteroatoms. The Labute approximate surface area is 161 Å². The third-order valence-electron chi connectivity index (χ3n) is 4.47. The van der Waals surface area contributed by atoms with Gasteiger partial charge in [-0.15, -0.1) is 11.3 Å². The number of methoxy groups -OCH3 is 1. The fraction of sp³-hybridized carbons (Fsp3) is 0.350. The molecule has 1 aromatic carbocycles. The number of imide groups is 1. The van der Waals surface area contributed by atoms with Gasteiger partial charge < -0.3 is 9.47 Å². The zero-order chi connectivity index (χ0) is 19.4. The van der Waals surface area contributed by atoms with Crippen LogP contribution in [0.4, 0.5) is 0 Å². The van der Waals surface area contributed by atoms with E-state index in [1.54, 1.807) is 24.3 Å². The fourth-order valence-electron chi connectivity index (χ4n) is 2.99. The molecule has 0 spiro atoms. The number of aryl methyl sites for hydroxylation is 1. The summed E-state index contributed by atoms with van der Waals surface area (Å²) >= 11 is 1.43. The van der Waals surface area contributed by atoms with Crippen LogP contribution in [0.3, 0.4) is 0 Å². The van der Waals surface area contributed by atoms with Crippen LogP contribution in [-0.2, 0) is 22.4 Å². The Morgan fingerprint density at radius 3 is 2.67 bits per heavy atom. The Morgan fingerprint density at radius 1 is 1.22 bits per heavy atom. The lowest BCUT2D eigenvalue weighted by Crippen LogP contribution is -2.34. The lowest BCUT2D eigenvalue weighted by Gasteiger charge is -2.16. The van der Waals surface area contributed by atoms with Crippen LogP contribution in [-0.4, -0.2) is 31.5 Å². The Bertz CT molecular complexity index is 856. The number of nitrogens with one attached hydrogen (secondary N) is 1. The number of benzene rings is 1. The van der Waals surface area contributed by atoms with Gasteiger partial charge in [-0.1, -0.05) is 6.92 Å². The minimum absolute atomic E-state index is 0.315. The van der Waals surface area contributed by atoms with Crippen molar-refractivity contribution in [3.8, 4) is 5.75 Å². The number of rotatable bonds is 5. The van der Waals surface area contributed by atoms with E-state index in [9.17, 15) is 14.4 Å². The van der Waals surface area contributed by atoms with E-state index < -0.39 is 24.4 Å². The monoisotopic (exact) mass is 387 g/mol. The molecule has 27 heavy (non-hydrogen) atoms. The first-order valence-electron chi connectivity index (χ1n) is 8.73. The molecule has 6 nitrogen and oxygen atoms in total. The number of amides is 2. The Kier molecular flexibility index (Phi) is 5.91. The lowest BCUT2D eigenvalue weighted by molar-refractivity contribution is -0.123. The molecule has 0 aliphatic heterocycles. The zero-order valence-corrected chi connectivity index (χ0v) is 16.1. The summed E-state index contributed by atoms with van der Waals surface area (Å²) in [5.74, 6) is -0.530. The maximum absolute atomic E-state index is 12.2. The highest BCUT2D eigenvalue weighted by atomic mass is 32.1. The zero-order valence-electron chi connectivity index (χ0n) is 15.2. The first kappa shape index (κ1) is 19.1. The van der Waals surface area contributed by atoms with Crippen LogP contribution in [0.25, 0.3) is 0 Å². The maximum atomic E-state index is 12.2. The Hall–Kier alpha value is -2.67. The van der Waals surface area contributed by atoms with E-state index in [2.05, 4.69) is 12.2 Å². The van der Waals surface area contributed by atoms with Gasteiger partial charge in [0.2, 0.25) is 0 Å². The van der Waals surface area contributed by atoms with Gasteiger partial charge in [0.15, 0.2) is 6.61 Å². The number of fused-ring (bicyclic) bond motifs is 1. The fourth-order valence-corrected chi connectivity index (χ4v) is 4.09. The van der Waals surface area contributed by atoms with Gasteiger partial charge in [-0.3, -0.25) is 14.9 Å². The van der Waals surface area contributed by atoms with Crippen molar-refractivity contribution < 1.29 is 23.9 Å². The Balaban J connectivity index is 1.51. The number of carbonyl (C=O) groups is 3. The minimum atomic E-state index is -0.667. The largest absolute Gasteiger partial charge is 0.497 e. The molecule has 0 saturated heterocycles. The number of ether oxygens (including phenoxy) is 2. The Morgan fingerprint density at radius 2 is 1.96 bits per heavy atom. The van der Waals surface area contributed by atoms with Crippen molar-refractivity contribution in [3.05, 3.63) is 51.2 Å². The van der Waals surface area contributed by atoms with Crippen molar-refractivity contribution in [3.63, 3.8) is 0 Å². The average molecular weight is 387 g/mol. The van der Waals surface area contributed by atoms with Gasteiger partial charge in [0, 0.05) is 10.4 Å². The van der Waals surface area contributed by atoms with E-state index in [0.29, 0.717) is 22.1 Å². The van der Waals surface area contributed by atoms with E-state index >= 15 is 0 Å². The van der Waals surface area contributed by atoms with Crippen molar-refractivity contribution >= 4 is 29.1 Å². The first-order valence-corrected chi connectivity index (χ1v) is 9.55. The molecule has 1 aromatic heterocycles. The molecule has 1 N–H and O–H groups in total. The molecule has 0 bridgehead atoms. The second kappa shape index (κ2) is 8.35. The standard InChI is InChI=1S/C20H21NO5S/c1-12-3-8-16-14(9-12)10-17(27-16)20(24)26-11-18(22)21-19(23)13-4-6-15(25-2)7-5-13/h4-7,10,12H,3,8-9,11H2,1-2H3,(H,21,22,23). The third kappa shape index (κ3) is 4.74. The normalized spacial score (nSPS) is 15.6. The summed E-state index contributed by atoms with van der Waals surface area (Å²) in [6, 6.07) is 8.20. The number of hydrogen-bond acceptors (Lipinski definition) is 6. The van der Waals surface area contributed by atoms with Crippen molar-refractivity contribution in [2.24, 2.45) is 5.92 Å². The number of thiophene rings is 1. The predicted octanol–water partition coefficient (Wildman–Crippen LogP) is 2.99. The van der Waals surface area contributed by atoms with Gasteiger partial charge in [0.1, 0.15) is 10.6 Å². The molecule has 0 saturated carbocycles. The first-order chi connectivity index (χ1) is 13.0. The van der Waals surface area contributed by atoms with Crippen LogP contribution in [0.2, 0.25) is 0 Å². The molecule has 0 fully saturated rings. The quantitative estimate of drug-likeness (QED) is 0.798. The summed E-state index contributed by atoms with van der Waals surface area (Å²) in [5, 5.41) is 2.20. The van der Waals surface area contributed by atoms with Crippen molar-refractivity contribution in [1.82, 2.24) is 5.32 Å². The van der Waals surface area contributed by atoms with E-state index in [1.165, 1.54) is 28.9 Å². The molecule has 3 rings (SSSR count). The van der Waals surface area contributed by atoms with E-state index in [4.69, 9.17) is 9.47 Å². The third-order valence-corrected chi connectivity index (χ3v) is 5.69. The highest BCUT2D eigenvalue weighted by Crippen LogP contribution is 2.32. The smallest absolute Gasteiger partial charge is 0.348 e. The van der Waals surface area contributed by atoms with Crippen molar-refractivity contribution in [2.45, 2.75) is 26.2 Å². The van der Waals surface area contributed by atoms with E-state index in [0.717, 1.165) is 19.3 Å². The molecule has 1 heterocycles. The molecular formula is C20H21NO5S. The molecule has 142 valence electrons. The summed E-state index contributed by atoms with van der Waals surface area (Å²) in [4.78, 5) is 37.8. The molecule has 0 radical (unpaired) electrons. The number of esters is 1. The van der Waals surface area contributed by atoms with Gasteiger partial charge in [-0.05, 0) is 61.1 Å². The van der Waals surface area contributed by atoms with Crippen LogP contribution in [0, 0.1) is 5.92 Å². The van der Waals surface area contributed by atoms with Crippen LogP contribution < -0.4 is 10.1 Å². The molecule has 2 aromatic rings. The second-order valence-corrected chi connectivity index (χ2v) is 7.73. The van der Waals surface area contributed by atoms with Gasteiger partial charge in [0.25, 0.3) is 11.8 Å². The van der Waals surface area contributed by atoms with E-state index in [1.807, 2.05) is 6.07 Å². The minimum Gasteiger partial charge on any atom is -0.497 e. The highest BCUT2D eigenvalue weighted by Gasteiger charge is 2.22. The molecule has 1 aliphatic carbocycles. The summed E-state index contributed by atoms with van der Waals surface area (Å²) in [5.41, 5.74) is 1.51. The summed E-state index contributed by atoms with van der Waals surface area (Å²) in [7, 11) is 1.53. The number of carbonyl (C=O) groups excluding carboxylic acids is 3. The van der Waals surface area contributed by atoms with Gasteiger partial charge >= 0.3 is 5.97 Å². The molecule has 1 atom stereocenters. The lowest BCUT2D eigenvalue weighted by atomic mass is 9.90. The van der Waals surface area contributed by atoms with Crippen LogP contribution in [0.15, 0.2) is 30.3 Å². The van der Waals surface area contributed by atoms with Crippen LogP contribution >= 0.6 is 11.3 Å². The van der Waals surface area contributed by atoms with E-state index in [-0.39, 0.29) is 0 Å². The van der Waals surface area contributed by atoms with Crippen LogP contribution in [0.1, 0.15) is 43.8 Å². The summed E-state index contributed by atoms with van der Waals surface area (Å²) in [6.07, 6.45) is 3.07. The topological polar surface area (TPSA) is 81.7 Å².